The van der Waals surface area contributed by atoms with E-state index < -0.39 is 35.1 Å². The van der Waals surface area contributed by atoms with Crippen LogP contribution in [-0.2, 0) is 12.3 Å². The molecule has 0 fully saturated rings. The van der Waals surface area contributed by atoms with Crippen LogP contribution in [0.15, 0.2) is 39.8 Å². The molecule has 0 bridgehead atoms. The van der Waals surface area contributed by atoms with Gasteiger partial charge < -0.3 is 18.7 Å². The van der Waals surface area contributed by atoms with Gasteiger partial charge in [-0.15, -0.1) is 0 Å². The van der Waals surface area contributed by atoms with Crippen LogP contribution in [0, 0.1) is 5.82 Å². The Labute approximate surface area is 166 Å². The highest BCUT2D eigenvalue weighted by atomic mass is 19.3. The van der Waals surface area contributed by atoms with Crippen molar-refractivity contribution in [2.24, 2.45) is 0 Å². The van der Waals surface area contributed by atoms with Crippen LogP contribution in [0.5, 0.6) is 0 Å². The number of alkyl halides is 2. The Balaban J connectivity index is 1.62. The number of carbonyl (C=O) groups is 1. The highest BCUT2D eigenvalue weighted by Gasteiger charge is 2.42. The first-order valence-corrected chi connectivity index (χ1v) is 9.04. The lowest BCUT2D eigenvalue weighted by molar-refractivity contribution is 0.0102. The van der Waals surface area contributed by atoms with Gasteiger partial charge in [0.2, 0.25) is 11.7 Å². The fourth-order valence-corrected chi connectivity index (χ4v) is 3.62. The topological polar surface area (TPSA) is 101 Å². The number of nitrogens with one attached hydrogen (secondary N) is 1. The van der Waals surface area contributed by atoms with E-state index in [2.05, 4.69) is 19.9 Å². The first kappa shape index (κ1) is 18.4. The Morgan fingerprint density at radius 1 is 1.33 bits per heavy atom. The largest absolute Gasteiger partial charge is 0.438 e. The van der Waals surface area contributed by atoms with Gasteiger partial charge >= 0.3 is 0 Å². The van der Waals surface area contributed by atoms with Gasteiger partial charge in [0.15, 0.2) is 23.7 Å². The van der Waals surface area contributed by atoms with Crippen molar-refractivity contribution in [3.63, 3.8) is 0 Å². The second-order valence-corrected chi connectivity index (χ2v) is 7.00. The minimum Gasteiger partial charge on any atom is -0.438 e. The van der Waals surface area contributed by atoms with Gasteiger partial charge in [0.05, 0.1) is 12.0 Å². The summed E-state index contributed by atoms with van der Waals surface area (Å²) in [5.74, 6) is -5.13. The van der Waals surface area contributed by atoms with Crippen LogP contribution in [-0.4, -0.2) is 37.3 Å². The number of H-pyrrole nitrogens is 1. The molecule has 30 heavy (non-hydrogen) atoms. The molecule has 1 aromatic carbocycles. The normalized spacial score (nSPS) is 16.8. The molecule has 8 nitrogen and oxygen atoms in total. The minimum absolute atomic E-state index is 0.0846. The van der Waals surface area contributed by atoms with Crippen LogP contribution in [0.2, 0.25) is 0 Å². The van der Waals surface area contributed by atoms with E-state index in [4.69, 9.17) is 8.83 Å². The Kier molecular flexibility index (Phi) is 3.95. The summed E-state index contributed by atoms with van der Waals surface area (Å²) in [4.78, 5) is 29.6. The van der Waals surface area contributed by atoms with Crippen molar-refractivity contribution in [2.75, 3.05) is 6.54 Å². The molecule has 1 atom stereocenters. The maximum atomic E-state index is 13.9. The Bertz CT molecular complexity index is 1260. The number of hydrogen-bond acceptors (Lipinski definition) is 6. The molecule has 1 aliphatic heterocycles. The lowest BCUT2D eigenvalue weighted by Crippen LogP contribution is -2.41. The first-order chi connectivity index (χ1) is 14.3. The number of imidazole rings is 1. The third-order valence-electron chi connectivity index (χ3n) is 4.96. The SMILES string of the molecule is CC(F)(F)c1ncoc1C(=O)N1CCc2[nH]cnc2[C@H]1c1nc2cc(F)ccc2o1. The van der Waals surface area contributed by atoms with Gasteiger partial charge in [0.1, 0.15) is 11.3 Å². The molecule has 4 heterocycles. The number of amides is 1. The zero-order valence-electron chi connectivity index (χ0n) is 15.5. The zero-order chi connectivity index (χ0) is 21.0. The predicted molar refractivity (Wildman–Crippen MR) is 95.2 cm³/mol. The molecule has 154 valence electrons. The second-order valence-electron chi connectivity index (χ2n) is 7.00. The van der Waals surface area contributed by atoms with Gasteiger partial charge in [-0.25, -0.2) is 19.3 Å². The van der Waals surface area contributed by atoms with Crippen LogP contribution in [0.1, 0.15) is 46.5 Å². The number of aromatic nitrogens is 4. The van der Waals surface area contributed by atoms with E-state index >= 15 is 0 Å². The number of nitrogens with zero attached hydrogens (tertiary/aromatic N) is 4. The number of aromatic amines is 1. The molecule has 5 rings (SSSR count). The highest BCUT2D eigenvalue weighted by molar-refractivity contribution is 5.93. The number of carbonyl (C=O) groups excluding carboxylic acids is 1. The third kappa shape index (κ3) is 2.85. The molecular weight excluding hydrogens is 403 g/mol. The third-order valence-corrected chi connectivity index (χ3v) is 4.96. The zero-order valence-corrected chi connectivity index (χ0v) is 15.5. The van der Waals surface area contributed by atoms with Gasteiger partial charge in [-0.2, -0.15) is 8.78 Å². The molecule has 1 N–H and O–H groups in total. The summed E-state index contributed by atoms with van der Waals surface area (Å²) in [7, 11) is 0. The van der Waals surface area contributed by atoms with E-state index in [-0.39, 0.29) is 18.0 Å². The smallest absolute Gasteiger partial charge is 0.292 e. The average molecular weight is 417 g/mol. The van der Waals surface area contributed by atoms with Gasteiger partial charge in [-0.05, 0) is 12.1 Å². The van der Waals surface area contributed by atoms with E-state index in [0.717, 1.165) is 12.1 Å². The molecule has 0 aliphatic carbocycles. The first-order valence-electron chi connectivity index (χ1n) is 9.04. The Hall–Kier alpha value is -3.63. The molecule has 0 spiro atoms. The van der Waals surface area contributed by atoms with E-state index in [1.165, 1.54) is 29.4 Å². The monoisotopic (exact) mass is 417 g/mol. The van der Waals surface area contributed by atoms with Crippen LogP contribution >= 0.6 is 0 Å². The lowest BCUT2D eigenvalue weighted by Gasteiger charge is -2.32. The molecule has 3 aromatic heterocycles. The van der Waals surface area contributed by atoms with E-state index in [1.807, 2.05) is 0 Å². The summed E-state index contributed by atoms with van der Waals surface area (Å²) in [6.07, 6.45) is 2.69. The van der Waals surface area contributed by atoms with Crippen molar-refractivity contribution in [1.29, 1.82) is 0 Å². The standard InChI is InChI=1S/C19H14F3N5O3/c1-19(21,22)16-15(29-8-25-16)18(28)27-5-4-10-13(24-7-23-10)14(27)17-26-11-6-9(20)2-3-12(11)30-17/h2-3,6-8,14H,4-5H2,1H3,(H,23,24)/t14-/m0/s1. The maximum Gasteiger partial charge on any atom is 0.292 e. The predicted octanol–water partition coefficient (Wildman–Crippen LogP) is 3.58. The van der Waals surface area contributed by atoms with Crippen molar-refractivity contribution in [3.05, 3.63) is 65.5 Å². The quantitative estimate of drug-likeness (QED) is 0.547. The summed E-state index contributed by atoms with van der Waals surface area (Å²) in [6.45, 7) is 0.803. The number of fused-ring (bicyclic) bond motifs is 2. The van der Waals surface area contributed by atoms with Gasteiger partial charge in [0, 0.05) is 31.6 Å². The molecule has 0 saturated heterocycles. The van der Waals surface area contributed by atoms with Crippen molar-refractivity contribution < 1.29 is 26.8 Å². The van der Waals surface area contributed by atoms with Crippen LogP contribution in [0.25, 0.3) is 11.1 Å². The molecule has 0 unspecified atom stereocenters. The molecule has 4 aromatic rings. The maximum absolute atomic E-state index is 13.9. The van der Waals surface area contributed by atoms with Crippen molar-refractivity contribution in [2.45, 2.75) is 25.3 Å². The Morgan fingerprint density at radius 3 is 2.97 bits per heavy atom. The van der Waals surface area contributed by atoms with Crippen molar-refractivity contribution in [1.82, 2.24) is 24.8 Å². The van der Waals surface area contributed by atoms with Gasteiger partial charge in [-0.3, -0.25) is 4.79 Å². The number of hydrogen-bond donors (Lipinski definition) is 1. The summed E-state index contributed by atoms with van der Waals surface area (Å²) >= 11 is 0. The minimum atomic E-state index is -3.37. The van der Waals surface area contributed by atoms with E-state index in [0.29, 0.717) is 24.6 Å². The number of halogens is 3. The van der Waals surface area contributed by atoms with E-state index in [1.54, 1.807) is 0 Å². The van der Waals surface area contributed by atoms with Gasteiger partial charge in [-0.1, -0.05) is 0 Å². The average Bonchev–Trinajstić information content (AvgIpc) is 3.43. The number of benzene rings is 1. The molecule has 1 aliphatic rings. The van der Waals surface area contributed by atoms with Crippen LogP contribution in [0.4, 0.5) is 13.2 Å². The summed E-state index contributed by atoms with van der Waals surface area (Å²) < 4.78 is 52.1. The van der Waals surface area contributed by atoms with Gasteiger partial charge in [0.25, 0.3) is 11.8 Å². The number of rotatable bonds is 3. The molecule has 11 heteroatoms. The molecule has 0 saturated carbocycles. The lowest BCUT2D eigenvalue weighted by atomic mass is 10.0. The summed E-state index contributed by atoms with van der Waals surface area (Å²) in [5.41, 5.74) is 1.06. The van der Waals surface area contributed by atoms with Crippen molar-refractivity contribution in [3.8, 4) is 0 Å². The summed E-state index contributed by atoms with van der Waals surface area (Å²) in [6, 6.07) is 2.94. The second kappa shape index (κ2) is 6.44. The Morgan fingerprint density at radius 2 is 2.17 bits per heavy atom. The summed E-state index contributed by atoms with van der Waals surface area (Å²) in [5, 5.41) is 0. The number of oxazole rings is 2. The molecular formula is C19H14F3N5O3. The fraction of sp³-hybridized carbons (Fsp3) is 0.263. The van der Waals surface area contributed by atoms with Crippen LogP contribution in [0.3, 0.4) is 0 Å². The van der Waals surface area contributed by atoms with Crippen molar-refractivity contribution >= 4 is 17.0 Å². The molecule has 0 radical (unpaired) electrons. The highest BCUT2D eigenvalue weighted by Crippen LogP contribution is 2.37. The fourth-order valence-electron chi connectivity index (χ4n) is 3.62. The van der Waals surface area contributed by atoms with E-state index in [9.17, 15) is 18.0 Å². The molecule has 1 amide bonds. The van der Waals surface area contributed by atoms with Crippen LogP contribution < -0.4 is 0 Å².